The zero-order chi connectivity index (χ0) is 21.6. The highest BCUT2D eigenvalue weighted by atomic mass is 32.2. The summed E-state index contributed by atoms with van der Waals surface area (Å²) in [5.74, 6) is 0.0830. The number of imidazole rings is 1. The number of anilines is 1. The first-order valence-corrected chi connectivity index (χ1v) is 12.5. The van der Waals surface area contributed by atoms with Gasteiger partial charge in [-0.05, 0) is 48.4 Å². The lowest BCUT2D eigenvalue weighted by atomic mass is 10.1. The second kappa shape index (κ2) is 10.1. The number of thiazole rings is 1. The van der Waals surface area contributed by atoms with E-state index in [1.54, 1.807) is 29.3 Å². The Bertz CT molecular complexity index is 1140. The smallest absolute Gasteiger partial charge is 0.233 e. The molecule has 4 aromatic rings. The van der Waals surface area contributed by atoms with Gasteiger partial charge in [0.05, 0.1) is 23.0 Å². The van der Waals surface area contributed by atoms with E-state index in [-0.39, 0.29) is 5.91 Å². The summed E-state index contributed by atoms with van der Waals surface area (Å²) < 4.78 is 3.17. The van der Waals surface area contributed by atoms with Gasteiger partial charge in [0, 0.05) is 30.4 Å². The molecule has 2 aromatic heterocycles. The summed E-state index contributed by atoms with van der Waals surface area (Å²) in [6, 6.07) is 14.5. The van der Waals surface area contributed by atoms with Crippen molar-refractivity contribution >= 4 is 44.4 Å². The van der Waals surface area contributed by atoms with Gasteiger partial charge < -0.3 is 4.57 Å². The highest BCUT2D eigenvalue weighted by Gasteiger charge is 2.20. The van der Waals surface area contributed by atoms with E-state index >= 15 is 0 Å². The first-order valence-electron chi connectivity index (χ1n) is 10.5. The Morgan fingerprint density at radius 3 is 2.74 bits per heavy atom. The fourth-order valence-corrected chi connectivity index (χ4v) is 5.03. The van der Waals surface area contributed by atoms with E-state index in [1.165, 1.54) is 10.5 Å². The molecule has 0 bridgehead atoms. The topological polar surface area (TPSA) is 51.0 Å². The number of carbonyl (C=O) groups excluding carboxylic acids is 1. The molecule has 0 aliphatic carbocycles. The molecule has 4 rings (SSSR count). The van der Waals surface area contributed by atoms with Crippen molar-refractivity contribution in [1.29, 1.82) is 0 Å². The number of aryl methyl sites for hydroxylation is 2. The van der Waals surface area contributed by atoms with Crippen LogP contribution < -0.4 is 4.90 Å². The summed E-state index contributed by atoms with van der Waals surface area (Å²) >= 11 is 3.30. The van der Waals surface area contributed by atoms with Gasteiger partial charge in [-0.3, -0.25) is 9.69 Å². The van der Waals surface area contributed by atoms with Crippen LogP contribution in [-0.2, 0) is 24.2 Å². The van der Waals surface area contributed by atoms with Crippen molar-refractivity contribution in [1.82, 2.24) is 14.5 Å². The summed E-state index contributed by atoms with van der Waals surface area (Å²) in [6.07, 6.45) is 9.73. The van der Waals surface area contributed by atoms with Crippen LogP contribution in [0.25, 0.3) is 10.2 Å². The van der Waals surface area contributed by atoms with Crippen LogP contribution in [0.3, 0.4) is 0 Å². The van der Waals surface area contributed by atoms with Gasteiger partial charge >= 0.3 is 0 Å². The Morgan fingerprint density at radius 2 is 2.03 bits per heavy atom. The zero-order valence-electron chi connectivity index (χ0n) is 17.8. The van der Waals surface area contributed by atoms with Crippen LogP contribution in [0.1, 0.15) is 24.5 Å². The van der Waals surface area contributed by atoms with Crippen LogP contribution in [0.15, 0.2) is 66.1 Å². The van der Waals surface area contributed by atoms with E-state index in [4.69, 9.17) is 4.98 Å². The maximum atomic E-state index is 13.4. The van der Waals surface area contributed by atoms with E-state index < -0.39 is 0 Å². The predicted octanol–water partition coefficient (Wildman–Crippen LogP) is 5.44. The van der Waals surface area contributed by atoms with Crippen LogP contribution in [0, 0.1) is 0 Å². The standard InChI is InChI=1S/C24H26N4OS2/c1-3-19-6-4-7-21-23(19)26-24(31-21)28(14-5-13-27-15-12-25-17-27)22(29)16-18-8-10-20(30-2)11-9-18/h4,6-12,15,17H,3,5,13-14,16H2,1-2H3. The van der Waals surface area contributed by atoms with Crippen LogP contribution in [-0.4, -0.2) is 33.2 Å². The van der Waals surface area contributed by atoms with Crippen LogP contribution in [0.4, 0.5) is 5.13 Å². The number of para-hydroxylation sites is 1. The number of hydrogen-bond acceptors (Lipinski definition) is 5. The van der Waals surface area contributed by atoms with Gasteiger partial charge in [-0.15, -0.1) is 11.8 Å². The van der Waals surface area contributed by atoms with E-state index in [9.17, 15) is 4.79 Å². The average Bonchev–Trinajstić information content (AvgIpc) is 3.46. The normalized spacial score (nSPS) is 11.2. The number of thioether (sulfide) groups is 1. The number of carbonyl (C=O) groups is 1. The first-order chi connectivity index (χ1) is 15.2. The fraction of sp³-hybridized carbons (Fsp3) is 0.292. The number of benzene rings is 2. The summed E-state index contributed by atoms with van der Waals surface area (Å²) in [5, 5.41) is 0.785. The molecule has 31 heavy (non-hydrogen) atoms. The van der Waals surface area contributed by atoms with E-state index in [2.05, 4.69) is 48.5 Å². The van der Waals surface area contributed by atoms with Crippen molar-refractivity contribution in [2.45, 2.75) is 37.6 Å². The molecule has 5 nitrogen and oxygen atoms in total. The van der Waals surface area contributed by atoms with Gasteiger partial charge in [0.2, 0.25) is 5.91 Å². The third kappa shape index (κ3) is 5.17. The number of nitrogens with zero attached hydrogens (tertiary/aromatic N) is 4. The predicted molar refractivity (Wildman–Crippen MR) is 130 cm³/mol. The minimum Gasteiger partial charge on any atom is -0.337 e. The van der Waals surface area contributed by atoms with Crippen molar-refractivity contribution < 1.29 is 4.79 Å². The molecule has 0 aliphatic heterocycles. The van der Waals surface area contributed by atoms with Crippen LogP contribution in [0.5, 0.6) is 0 Å². The number of rotatable bonds is 9. The molecule has 2 heterocycles. The Kier molecular flexibility index (Phi) is 7.04. The van der Waals surface area contributed by atoms with Gasteiger partial charge in [-0.2, -0.15) is 0 Å². The summed E-state index contributed by atoms with van der Waals surface area (Å²) in [7, 11) is 0. The quantitative estimate of drug-likeness (QED) is 0.319. The van der Waals surface area contributed by atoms with Gasteiger partial charge in [-0.25, -0.2) is 9.97 Å². The average molecular weight is 451 g/mol. The van der Waals surface area contributed by atoms with Crippen molar-refractivity contribution in [3.05, 3.63) is 72.3 Å². The minimum atomic E-state index is 0.0830. The van der Waals surface area contributed by atoms with Crippen molar-refractivity contribution in [2.75, 3.05) is 17.7 Å². The molecule has 0 fully saturated rings. The van der Waals surface area contributed by atoms with Crippen molar-refractivity contribution in [3.8, 4) is 0 Å². The molecule has 0 N–H and O–H groups in total. The molecule has 160 valence electrons. The second-order valence-corrected chi connectivity index (χ2v) is 9.23. The summed E-state index contributed by atoms with van der Waals surface area (Å²) in [4.78, 5) is 25.4. The fourth-order valence-electron chi connectivity index (χ4n) is 3.57. The Morgan fingerprint density at radius 1 is 1.19 bits per heavy atom. The minimum absolute atomic E-state index is 0.0830. The zero-order valence-corrected chi connectivity index (χ0v) is 19.5. The number of hydrogen-bond donors (Lipinski definition) is 0. The van der Waals surface area contributed by atoms with E-state index in [0.29, 0.717) is 13.0 Å². The molecule has 0 unspecified atom stereocenters. The molecule has 0 saturated heterocycles. The number of aromatic nitrogens is 3. The van der Waals surface area contributed by atoms with Crippen molar-refractivity contribution in [3.63, 3.8) is 0 Å². The lowest BCUT2D eigenvalue weighted by Crippen LogP contribution is -2.33. The van der Waals surface area contributed by atoms with Crippen LogP contribution >= 0.6 is 23.1 Å². The van der Waals surface area contributed by atoms with Crippen molar-refractivity contribution in [2.24, 2.45) is 0 Å². The van der Waals surface area contributed by atoms with Gasteiger partial charge in [0.15, 0.2) is 5.13 Å². The molecular weight excluding hydrogens is 424 g/mol. The molecule has 0 atom stereocenters. The lowest BCUT2D eigenvalue weighted by molar-refractivity contribution is -0.118. The molecule has 1 amide bonds. The maximum absolute atomic E-state index is 13.4. The third-order valence-electron chi connectivity index (χ3n) is 5.28. The Labute approximate surface area is 191 Å². The van der Waals surface area contributed by atoms with Gasteiger partial charge in [-0.1, -0.05) is 42.5 Å². The monoisotopic (exact) mass is 450 g/mol. The molecule has 0 aliphatic rings. The van der Waals surface area contributed by atoms with Gasteiger partial charge in [0.25, 0.3) is 0 Å². The number of amides is 1. The summed E-state index contributed by atoms with van der Waals surface area (Å²) in [5.41, 5.74) is 3.26. The molecule has 0 saturated carbocycles. The van der Waals surface area contributed by atoms with Crippen LogP contribution in [0.2, 0.25) is 0 Å². The van der Waals surface area contributed by atoms with Gasteiger partial charge in [0.1, 0.15) is 0 Å². The van der Waals surface area contributed by atoms with E-state index in [0.717, 1.165) is 40.3 Å². The van der Waals surface area contributed by atoms with E-state index in [1.807, 2.05) is 34.1 Å². The maximum Gasteiger partial charge on any atom is 0.233 e. The third-order valence-corrected chi connectivity index (χ3v) is 7.06. The molecular formula is C24H26N4OS2. The molecule has 7 heteroatoms. The second-order valence-electron chi connectivity index (χ2n) is 7.34. The molecule has 2 aromatic carbocycles. The summed E-state index contributed by atoms with van der Waals surface area (Å²) in [6.45, 7) is 3.58. The largest absolute Gasteiger partial charge is 0.337 e. The highest BCUT2D eigenvalue weighted by Crippen LogP contribution is 2.31. The Hall–Kier alpha value is -2.64. The first kappa shape index (κ1) is 21.6. The highest BCUT2D eigenvalue weighted by molar-refractivity contribution is 7.98. The molecule has 0 radical (unpaired) electrons. The Balaban J connectivity index is 1.57. The number of fused-ring (bicyclic) bond motifs is 1. The SMILES string of the molecule is CCc1cccc2sc(N(CCCn3ccnc3)C(=O)Cc3ccc(SC)cc3)nc12. The lowest BCUT2D eigenvalue weighted by Gasteiger charge is -2.20. The molecule has 0 spiro atoms.